The maximum absolute atomic E-state index is 12.1. The molecule has 0 saturated heterocycles. The summed E-state index contributed by atoms with van der Waals surface area (Å²) in [4.78, 5) is 24.0. The SMILES string of the molecule is CC(C)Cc1ccc(C(=O)OCC(=O)Nc2nnc(-c3ccccc3)o2)cc1. The predicted octanol–water partition coefficient (Wildman–Crippen LogP) is 3.73. The molecule has 0 atom stereocenters. The Balaban J connectivity index is 1.50. The number of nitrogens with one attached hydrogen (secondary N) is 1. The van der Waals surface area contributed by atoms with Gasteiger partial charge in [-0.2, -0.15) is 0 Å². The predicted molar refractivity (Wildman–Crippen MR) is 104 cm³/mol. The Bertz CT molecular complexity index is 934. The fourth-order valence-corrected chi connectivity index (χ4v) is 2.59. The van der Waals surface area contributed by atoms with Gasteiger partial charge < -0.3 is 9.15 Å². The summed E-state index contributed by atoms with van der Waals surface area (Å²) in [6.45, 7) is 3.82. The van der Waals surface area contributed by atoms with Crippen molar-refractivity contribution in [1.82, 2.24) is 10.2 Å². The number of rotatable bonds is 7. The van der Waals surface area contributed by atoms with E-state index in [1.165, 1.54) is 0 Å². The zero-order valence-corrected chi connectivity index (χ0v) is 15.7. The van der Waals surface area contributed by atoms with Crippen LogP contribution in [0.3, 0.4) is 0 Å². The summed E-state index contributed by atoms with van der Waals surface area (Å²) < 4.78 is 10.4. The second kappa shape index (κ2) is 8.94. The Morgan fingerprint density at radius 1 is 1.04 bits per heavy atom. The molecule has 144 valence electrons. The van der Waals surface area contributed by atoms with E-state index >= 15 is 0 Å². The van der Waals surface area contributed by atoms with Crippen LogP contribution in [0.25, 0.3) is 11.5 Å². The molecule has 1 heterocycles. The van der Waals surface area contributed by atoms with Crippen molar-refractivity contribution in [3.63, 3.8) is 0 Å². The maximum Gasteiger partial charge on any atom is 0.338 e. The summed E-state index contributed by atoms with van der Waals surface area (Å²) >= 11 is 0. The average Bonchev–Trinajstić information content (AvgIpc) is 3.15. The van der Waals surface area contributed by atoms with Gasteiger partial charge in [-0.3, -0.25) is 10.1 Å². The monoisotopic (exact) mass is 379 g/mol. The number of carbonyl (C=O) groups excluding carboxylic acids is 2. The van der Waals surface area contributed by atoms with Crippen LogP contribution in [-0.4, -0.2) is 28.7 Å². The molecular formula is C21H21N3O4. The van der Waals surface area contributed by atoms with Crippen LogP contribution in [0, 0.1) is 5.92 Å². The molecule has 2 aromatic carbocycles. The van der Waals surface area contributed by atoms with Gasteiger partial charge in [0.05, 0.1) is 5.56 Å². The van der Waals surface area contributed by atoms with E-state index < -0.39 is 18.5 Å². The number of hydrogen-bond donors (Lipinski definition) is 1. The van der Waals surface area contributed by atoms with Crippen molar-refractivity contribution in [1.29, 1.82) is 0 Å². The number of nitrogens with zero attached hydrogens (tertiary/aromatic N) is 2. The minimum absolute atomic E-state index is 0.0575. The van der Waals surface area contributed by atoms with Crippen molar-refractivity contribution >= 4 is 17.9 Å². The molecular weight excluding hydrogens is 358 g/mol. The molecule has 1 amide bonds. The molecule has 0 fully saturated rings. The molecule has 0 radical (unpaired) electrons. The normalized spacial score (nSPS) is 10.7. The first-order valence-electron chi connectivity index (χ1n) is 8.96. The highest BCUT2D eigenvalue weighted by Crippen LogP contribution is 2.19. The quantitative estimate of drug-likeness (QED) is 0.629. The van der Waals surface area contributed by atoms with Crippen LogP contribution in [0.15, 0.2) is 59.0 Å². The Labute approximate surface area is 162 Å². The van der Waals surface area contributed by atoms with Crippen LogP contribution in [0.1, 0.15) is 29.8 Å². The van der Waals surface area contributed by atoms with E-state index in [4.69, 9.17) is 9.15 Å². The zero-order valence-electron chi connectivity index (χ0n) is 15.7. The van der Waals surface area contributed by atoms with Crippen LogP contribution in [0.2, 0.25) is 0 Å². The average molecular weight is 379 g/mol. The third-order valence-electron chi connectivity index (χ3n) is 3.86. The second-order valence-corrected chi connectivity index (χ2v) is 6.70. The minimum Gasteiger partial charge on any atom is -0.452 e. The van der Waals surface area contributed by atoms with Gasteiger partial charge in [0.15, 0.2) is 6.61 Å². The van der Waals surface area contributed by atoms with Crippen molar-refractivity contribution in [3.8, 4) is 11.5 Å². The van der Waals surface area contributed by atoms with Crippen molar-refractivity contribution in [2.75, 3.05) is 11.9 Å². The first-order chi connectivity index (χ1) is 13.5. The van der Waals surface area contributed by atoms with Crippen LogP contribution in [0.4, 0.5) is 6.01 Å². The van der Waals surface area contributed by atoms with Gasteiger partial charge in [-0.15, -0.1) is 5.10 Å². The number of hydrogen-bond acceptors (Lipinski definition) is 6. The summed E-state index contributed by atoms with van der Waals surface area (Å²) in [6, 6.07) is 16.3. The van der Waals surface area contributed by atoms with Crippen LogP contribution in [-0.2, 0) is 16.0 Å². The summed E-state index contributed by atoms with van der Waals surface area (Å²) in [5.41, 5.74) is 2.28. The molecule has 1 N–H and O–H groups in total. The first kappa shape index (κ1) is 19.3. The van der Waals surface area contributed by atoms with Crippen molar-refractivity contribution in [2.24, 2.45) is 5.92 Å². The fourth-order valence-electron chi connectivity index (χ4n) is 2.59. The van der Waals surface area contributed by atoms with E-state index in [9.17, 15) is 9.59 Å². The number of aromatic nitrogens is 2. The topological polar surface area (TPSA) is 94.3 Å². The highest BCUT2D eigenvalue weighted by molar-refractivity contribution is 5.94. The molecule has 7 nitrogen and oxygen atoms in total. The van der Waals surface area contributed by atoms with E-state index in [0.29, 0.717) is 11.5 Å². The molecule has 0 saturated carbocycles. The highest BCUT2D eigenvalue weighted by atomic mass is 16.5. The van der Waals surface area contributed by atoms with E-state index in [1.54, 1.807) is 12.1 Å². The number of benzene rings is 2. The fraction of sp³-hybridized carbons (Fsp3) is 0.238. The summed E-state index contributed by atoms with van der Waals surface area (Å²) in [7, 11) is 0. The number of anilines is 1. The lowest BCUT2D eigenvalue weighted by Gasteiger charge is -2.07. The largest absolute Gasteiger partial charge is 0.452 e. The number of esters is 1. The molecule has 0 unspecified atom stereocenters. The van der Waals surface area contributed by atoms with Gasteiger partial charge in [0.1, 0.15) is 0 Å². The van der Waals surface area contributed by atoms with Gasteiger partial charge in [0.2, 0.25) is 5.89 Å². The molecule has 0 aliphatic carbocycles. The molecule has 0 bridgehead atoms. The summed E-state index contributed by atoms with van der Waals surface area (Å²) in [5.74, 6) is -0.308. The lowest BCUT2D eigenvalue weighted by molar-refractivity contribution is -0.119. The number of amides is 1. The molecule has 3 aromatic rings. The van der Waals surface area contributed by atoms with Crippen LogP contribution >= 0.6 is 0 Å². The maximum atomic E-state index is 12.1. The van der Waals surface area contributed by atoms with Gasteiger partial charge >= 0.3 is 12.0 Å². The van der Waals surface area contributed by atoms with Crippen molar-refractivity contribution in [2.45, 2.75) is 20.3 Å². The van der Waals surface area contributed by atoms with Gasteiger partial charge in [-0.1, -0.05) is 49.3 Å². The molecule has 0 spiro atoms. The standard InChI is InChI=1S/C21H21N3O4/c1-14(2)12-15-8-10-17(11-9-15)20(26)27-13-18(25)22-21-24-23-19(28-21)16-6-4-3-5-7-16/h3-11,14H,12-13H2,1-2H3,(H,22,24,25). The Hall–Kier alpha value is -3.48. The molecule has 7 heteroatoms. The molecule has 0 aliphatic heterocycles. The lowest BCUT2D eigenvalue weighted by atomic mass is 10.0. The third-order valence-corrected chi connectivity index (χ3v) is 3.86. The van der Waals surface area contributed by atoms with E-state index in [-0.39, 0.29) is 11.9 Å². The smallest absolute Gasteiger partial charge is 0.338 e. The Morgan fingerprint density at radius 2 is 1.75 bits per heavy atom. The van der Waals surface area contributed by atoms with Crippen LogP contribution in [0.5, 0.6) is 0 Å². The molecule has 3 rings (SSSR count). The van der Waals surface area contributed by atoms with Crippen molar-refractivity contribution < 1.29 is 18.7 Å². The van der Waals surface area contributed by atoms with Gasteiger partial charge in [-0.05, 0) is 42.2 Å². The lowest BCUT2D eigenvalue weighted by Crippen LogP contribution is -2.21. The summed E-state index contributed by atoms with van der Waals surface area (Å²) in [5, 5.41) is 10.0. The zero-order chi connectivity index (χ0) is 19.9. The van der Waals surface area contributed by atoms with E-state index in [1.807, 2.05) is 42.5 Å². The second-order valence-electron chi connectivity index (χ2n) is 6.70. The minimum atomic E-state index is -0.568. The molecule has 0 aliphatic rings. The van der Waals surface area contributed by atoms with Crippen molar-refractivity contribution in [3.05, 3.63) is 65.7 Å². The van der Waals surface area contributed by atoms with Gasteiger partial charge in [0, 0.05) is 5.56 Å². The van der Waals surface area contributed by atoms with E-state index in [2.05, 4.69) is 29.4 Å². The molecule has 1 aromatic heterocycles. The first-order valence-corrected chi connectivity index (χ1v) is 8.96. The molecule has 28 heavy (non-hydrogen) atoms. The Morgan fingerprint density at radius 3 is 2.43 bits per heavy atom. The Kier molecular flexibility index (Phi) is 6.16. The number of carbonyl (C=O) groups is 2. The third kappa shape index (κ3) is 5.26. The van der Waals surface area contributed by atoms with E-state index in [0.717, 1.165) is 17.5 Å². The van der Waals surface area contributed by atoms with Gasteiger partial charge in [0.25, 0.3) is 5.91 Å². The van der Waals surface area contributed by atoms with Crippen LogP contribution < -0.4 is 5.32 Å². The highest BCUT2D eigenvalue weighted by Gasteiger charge is 2.14. The van der Waals surface area contributed by atoms with Gasteiger partial charge in [-0.25, -0.2) is 4.79 Å². The number of ether oxygens (including phenoxy) is 1. The summed E-state index contributed by atoms with van der Waals surface area (Å²) in [6.07, 6.45) is 0.937.